The summed E-state index contributed by atoms with van der Waals surface area (Å²) < 4.78 is 0. The normalized spacial score (nSPS) is 20.8. The molecule has 1 aromatic carbocycles. The van der Waals surface area contributed by atoms with Gasteiger partial charge in [0.15, 0.2) is 0 Å². The Morgan fingerprint density at radius 2 is 2.00 bits per heavy atom. The fraction of sp³-hybridized carbons (Fsp3) is 0.417. The van der Waals surface area contributed by atoms with E-state index in [4.69, 9.17) is 0 Å². The summed E-state index contributed by atoms with van der Waals surface area (Å²) in [5, 5.41) is 17.9. The summed E-state index contributed by atoms with van der Waals surface area (Å²) in [7, 11) is 0. The minimum atomic E-state index is -0.279. The molecule has 2 heterocycles. The van der Waals surface area contributed by atoms with Crippen LogP contribution in [0.15, 0.2) is 24.3 Å². The van der Waals surface area contributed by atoms with Crippen molar-refractivity contribution in [3.05, 3.63) is 24.3 Å². The van der Waals surface area contributed by atoms with Crippen LogP contribution in [-0.2, 0) is 0 Å². The van der Waals surface area contributed by atoms with E-state index in [2.05, 4.69) is 15.2 Å². The maximum absolute atomic E-state index is 9.64. The number of nitrogens with zero attached hydrogens (tertiary/aromatic N) is 4. The number of aliphatic hydroxyl groups excluding tert-OH is 1. The van der Waals surface area contributed by atoms with Crippen LogP contribution in [0.3, 0.4) is 0 Å². The average Bonchev–Trinajstić information content (AvgIpc) is 2.38. The standard InChI is InChI=1S/C12H14N4O/c17-9-4-3-7-16(8-9)12-13-10-5-1-2-6-11(10)14-15-12/h1-2,5-6,9,17H,3-4,7-8H2/t9-/m0/s1. The van der Waals surface area contributed by atoms with Crippen molar-refractivity contribution in [3.63, 3.8) is 0 Å². The van der Waals surface area contributed by atoms with Gasteiger partial charge in [0.2, 0.25) is 5.95 Å². The fourth-order valence-electron chi connectivity index (χ4n) is 2.14. The molecule has 1 aromatic heterocycles. The zero-order valence-electron chi connectivity index (χ0n) is 9.45. The number of β-amino-alcohol motifs (C(OH)–C–C–N with tert-alkyl or cyclic N) is 1. The number of benzene rings is 1. The van der Waals surface area contributed by atoms with Gasteiger partial charge in [-0.3, -0.25) is 0 Å². The van der Waals surface area contributed by atoms with Gasteiger partial charge in [-0.25, -0.2) is 4.98 Å². The molecule has 0 aliphatic carbocycles. The van der Waals surface area contributed by atoms with Crippen molar-refractivity contribution in [1.29, 1.82) is 0 Å². The van der Waals surface area contributed by atoms with E-state index in [-0.39, 0.29) is 6.10 Å². The molecule has 0 bridgehead atoms. The molecule has 88 valence electrons. The number of aliphatic hydroxyl groups is 1. The smallest absolute Gasteiger partial charge is 0.246 e. The lowest BCUT2D eigenvalue weighted by atomic mass is 10.1. The van der Waals surface area contributed by atoms with Crippen molar-refractivity contribution in [2.45, 2.75) is 18.9 Å². The zero-order chi connectivity index (χ0) is 11.7. The van der Waals surface area contributed by atoms with Gasteiger partial charge in [-0.2, -0.15) is 0 Å². The molecule has 1 N–H and O–H groups in total. The Labute approximate surface area is 99.1 Å². The second kappa shape index (κ2) is 4.25. The highest BCUT2D eigenvalue weighted by molar-refractivity contribution is 5.74. The van der Waals surface area contributed by atoms with Crippen LogP contribution >= 0.6 is 0 Å². The Morgan fingerprint density at radius 1 is 1.18 bits per heavy atom. The van der Waals surface area contributed by atoms with Crippen LogP contribution < -0.4 is 4.90 Å². The number of para-hydroxylation sites is 1. The number of hydrogen-bond acceptors (Lipinski definition) is 5. The molecule has 0 radical (unpaired) electrons. The second-order valence-corrected chi connectivity index (χ2v) is 4.34. The summed E-state index contributed by atoms with van der Waals surface area (Å²) in [6.45, 7) is 1.48. The quantitative estimate of drug-likeness (QED) is 0.791. The first kappa shape index (κ1) is 10.4. The highest BCUT2D eigenvalue weighted by atomic mass is 16.3. The molecule has 2 aromatic rings. The summed E-state index contributed by atoms with van der Waals surface area (Å²) in [6, 6.07) is 7.67. The number of anilines is 1. The lowest BCUT2D eigenvalue weighted by molar-refractivity contribution is 0.153. The van der Waals surface area contributed by atoms with Crippen molar-refractivity contribution in [1.82, 2.24) is 15.2 Å². The Kier molecular flexibility index (Phi) is 2.60. The molecule has 17 heavy (non-hydrogen) atoms. The van der Waals surface area contributed by atoms with Crippen LogP contribution in [0.25, 0.3) is 11.0 Å². The fourth-order valence-corrected chi connectivity index (χ4v) is 2.14. The van der Waals surface area contributed by atoms with E-state index in [0.717, 1.165) is 30.4 Å². The zero-order valence-corrected chi connectivity index (χ0v) is 9.45. The molecule has 0 saturated carbocycles. The second-order valence-electron chi connectivity index (χ2n) is 4.34. The molecule has 1 aliphatic heterocycles. The van der Waals surface area contributed by atoms with E-state index in [9.17, 15) is 5.11 Å². The topological polar surface area (TPSA) is 62.1 Å². The first-order valence-corrected chi connectivity index (χ1v) is 5.85. The SMILES string of the molecule is O[C@H]1CCCN(c2nnc3ccccc3n2)C1. The molecular weight excluding hydrogens is 216 g/mol. The number of fused-ring (bicyclic) bond motifs is 1. The molecule has 1 atom stereocenters. The Hall–Kier alpha value is -1.75. The van der Waals surface area contributed by atoms with Crippen LogP contribution in [0, 0.1) is 0 Å². The van der Waals surface area contributed by atoms with Gasteiger partial charge in [-0.15, -0.1) is 10.2 Å². The summed E-state index contributed by atoms with van der Waals surface area (Å²) >= 11 is 0. The summed E-state index contributed by atoms with van der Waals surface area (Å²) in [5.74, 6) is 0.613. The number of piperidine rings is 1. The summed E-state index contributed by atoms with van der Waals surface area (Å²) in [4.78, 5) is 6.47. The number of aromatic nitrogens is 3. The Balaban J connectivity index is 1.94. The van der Waals surface area contributed by atoms with Crippen molar-refractivity contribution < 1.29 is 5.11 Å². The van der Waals surface area contributed by atoms with Crippen LogP contribution in [0.1, 0.15) is 12.8 Å². The van der Waals surface area contributed by atoms with Gasteiger partial charge in [0, 0.05) is 13.1 Å². The van der Waals surface area contributed by atoms with Crippen molar-refractivity contribution >= 4 is 17.0 Å². The lowest BCUT2D eigenvalue weighted by Crippen LogP contribution is -2.39. The van der Waals surface area contributed by atoms with Crippen molar-refractivity contribution in [3.8, 4) is 0 Å². The summed E-state index contributed by atoms with van der Waals surface area (Å²) in [6.07, 6.45) is 1.55. The molecule has 0 unspecified atom stereocenters. The first-order chi connectivity index (χ1) is 8.33. The van der Waals surface area contributed by atoms with Crippen molar-refractivity contribution in [2.24, 2.45) is 0 Å². The lowest BCUT2D eigenvalue weighted by Gasteiger charge is -2.29. The Bertz CT molecular complexity index is 531. The summed E-state index contributed by atoms with van der Waals surface area (Å²) in [5.41, 5.74) is 1.64. The molecule has 0 amide bonds. The van der Waals surface area contributed by atoms with E-state index in [1.54, 1.807) is 0 Å². The molecule has 3 rings (SSSR count). The van der Waals surface area contributed by atoms with Gasteiger partial charge >= 0.3 is 0 Å². The van der Waals surface area contributed by atoms with Gasteiger partial charge in [0.25, 0.3) is 0 Å². The minimum Gasteiger partial charge on any atom is -0.391 e. The van der Waals surface area contributed by atoms with Gasteiger partial charge in [-0.1, -0.05) is 12.1 Å². The molecule has 1 aliphatic rings. The highest BCUT2D eigenvalue weighted by Crippen LogP contribution is 2.17. The van der Waals surface area contributed by atoms with E-state index in [1.807, 2.05) is 29.2 Å². The molecule has 1 fully saturated rings. The average molecular weight is 230 g/mol. The molecular formula is C12H14N4O. The van der Waals surface area contributed by atoms with E-state index >= 15 is 0 Å². The van der Waals surface area contributed by atoms with Crippen LogP contribution in [-0.4, -0.2) is 39.5 Å². The Morgan fingerprint density at radius 3 is 2.82 bits per heavy atom. The predicted octanol–water partition coefficient (Wildman–Crippen LogP) is 0.986. The number of hydrogen-bond donors (Lipinski definition) is 1. The van der Waals surface area contributed by atoms with Crippen LogP contribution in [0.4, 0.5) is 5.95 Å². The van der Waals surface area contributed by atoms with Crippen LogP contribution in [0.5, 0.6) is 0 Å². The van der Waals surface area contributed by atoms with E-state index < -0.39 is 0 Å². The highest BCUT2D eigenvalue weighted by Gasteiger charge is 2.20. The first-order valence-electron chi connectivity index (χ1n) is 5.85. The van der Waals surface area contributed by atoms with Crippen LogP contribution in [0.2, 0.25) is 0 Å². The van der Waals surface area contributed by atoms with Gasteiger partial charge < -0.3 is 10.0 Å². The third-order valence-electron chi connectivity index (χ3n) is 3.03. The largest absolute Gasteiger partial charge is 0.391 e. The van der Waals surface area contributed by atoms with Gasteiger partial charge in [-0.05, 0) is 25.0 Å². The molecule has 5 heteroatoms. The van der Waals surface area contributed by atoms with Gasteiger partial charge in [0.1, 0.15) is 5.52 Å². The molecule has 1 saturated heterocycles. The maximum atomic E-state index is 9.64. The molecule has 5 nitrogen and oxygen atoms in total. The van der Waals surface area contributed by atoms with E-state index in [1.165, 1.54) is 0 Å². The third kappa shape index (κ3) is 2.06. The van der Waals surface area contributed by atoms with Crippen molar-refractivity contribution in [2.75, 3.05) is 18.0 Å². The third-order valence-corrected chi connectivity index (χ3v) is 3.03. The molecule has 0 spiro atoms. The maximum Gasteiger partial charge on any atom is 0.246 e. The number of rotatable bonds is 1. The predicted molar refractivity (Wildman–Crippen MR) is 64.8 cm³/mol. The minimum absolute atomic E-state index is 0.279. The van der Waals surface area contributed by atoms with E-state index in [0.29, 0.717) is 12.5 Å². The van der Waals surface area contributed by atoms with Gasteiger partial charge in [0.05, 0.1) is 11.6 Å². The monoisotopic (exact) mass is 230 g/mol.